The summed E-state index contributed by atoms with van der Waals surface area (Å²) in [6.07, 6.45) is 2.03. The van der Waals surface area contributed by atoms with E-state index in [0.717, 1.165) is 38.3 Å². The summed E-state index contributed by atoms with van der Waals surface area (Å²) < 4.78 is 5.59. The van der Waals surface area contributed by atoms with Crippen molar-refractivity contribution in [3.63, 3.8) is 0 Å². The number of nitrogens with one attached hydrogen (secondary N) is 1. The smallest absolute Gasteiger partial charge is 0.104 e. The van der Waals surface area contributed by atoms with Gasteiger partial charge in [-0.25, -0.2) is 4.98 Å². The fraction of sp³-hybridized carbons (Fsp3) is 0.438. The zero-order valence-electron chi connectivity index (χ0n) is 11.8. The first-order valence-corrected chi connectivity index (χ1v) is 7.96. The first kappa shape index (κ1) is 13.7. The predicted molar refractivity (Wildman–Crippen MR) is 82.2 cm³/mol. The van der Waals surface area contributed by atoms with E-state index in [9.17, 15) is 0 Å². The molecule has 0 spiro atoms. The number of rotatable bonds is 4. The van der Waals surface area contributed by atoms with Crippen molar-refractivity contribution in [1.82, 2.24) is 10.3 Å². The van der Waals surface area contributed by atoms with Gasteiger partial charge in [-0.3, -0.25) is 0 Å². The average molecular weight is 288 g/mol. The quantitative estimate of drug-likeness (QED) is 0.939. The molecular formula is C16H20N2OS. The molecule has 2 heterocycles. The van der Waals surface area contributed by atoms with Gasteiger partial charge in [-0.05, 0) is 25.5 Å². The normalized spacial score (nSPS) is 18.1. The third-order valence-electron chi connectivity index (χ3n) is 3.99. The number of ether oxygens (including phenoxy) is 1. The van der Waals surface area contributed by atoms with E-state index < -0.39 is 0 Å². The molecule has 1 N–H and O–H groups in total. The molecule has 1 aromatic heterocycles. The molecule has 106 valence electrons. The number of thiazole rings is 1. The molecule has 0 radical (unpaired) electrons. The Kier molecular flexibility index (Phi) is 4.15. The van der Waals surface area contributed by atoms with Crippen molar-refractivity contribution in [2.24, 2.45) is 0 Å². The molecular weight excluding hydrogens is 268 g/mol. The number of nitrogens with zero attached hydrogens (tertiary/aromatic N) is 1. The molecule has 1 saturated heterocycles. The maximum absolute atomic E-state index is 5.59. The second-order valence-corrected chi connectivity index (χ2v) is 6.09. The van der Waals surface area contributed by atoms with E-state index in [1.807, 2.05) is 7.05 Å². The molecule has 20 heavy (non-hydrogen) atoms. The molecule has 0 unspecified atom stereocenters. The summed E-state index contributed by atoms with van der Waals surface area (Å²) >= 11 is 1.78. The SMILES string of the molecule is CNCc1csc(C2(c3ccccc3)CCOCC2)n1. The number of benzene rings is 1. The van der Waals surface area contributed by atoms with Gasteiger partial charge >= 0.3 is 0 Å². The highest BCUT2D eigenvalue weighted by atomic mass is 32.1. The highest BCUT2D eigenvalue weighted by molar-refractivity contribution is 7.09. The van der Waals surface area contributed by atoms with E-state index in [2.05, 4.69) is 41.0 Å². The Hall–Kier alpha value is -1.23. The molecule has 0 atom stereocenters. The van der Waals surface area contributed by atoms with Crippen LogP contribution in [0.2, 0.25) is 0 Å². The second kappa shape index (κ2) is 6.04. The Morgan fingerprint density at radius 3 is 2.70 bits per heavy atom. The van der Waals surface area contributed by atoms with Crippen molar-refractivity contribution in [3.05, 3.63) is 52.0 Å². The van der Waals surface area contributed by atoms with Gasteiger partial charge in [-0.15, -0.1) is 11.3 Å². The summed E-state index contributed by atoms with van der Waals surface area (Å²) in [6, 6.07) is 10.8. The maximum atomic E-state index is 5.59. The van der Waals surface area contributed by atoms with Crippen LogP contribution in [0.3, 0.4) is 0 Å². The minimum Gasteiger partial charge on any atom is -0.381 e. The van der Waals surface area contributed by atoms with E-state index in [4.69, 9.17) is 9.72 Å². The van der Waals surface area contributed by atoms with E-state index in [1.54, 1.807) is 11.3 Å². The molecule has 1 fully saturated rings. The first-order chi connectivity index (χ1) is 9.85. The summed E-state index contributed by atoms with van der Waals surface area (Å²) in [5.41, 5.74) is 2.54. The summed E-state index contributed by atoms with van der Waals surface area (Å²) in [5.74, 6) is 0. The van der Waals surface area contributed by atoms with E-state index in [1.165, 1.54) is 10.6 Å². The Morgan fingerprint density at radius 1 is 1.25 bits per heavy atom. The Bertz CT molecular complexity index is 547. The van der Waals surface area contributed by atoms with Crippen LogP contribution in [0, 0.1) is 0 Å². The van der Waals surface area contributed by atoms with Gasteiger partial charge in [0.05, 0.1) is 11.1 Å². The number of aromatic nitrogens is 1. The largest absolute Gasteiger partial charge is 0.381 e. The molecule has 1 aromatic carbocycles. The number of hydrogen-bond donors (Lipinski definition) is 1. The fourth-order valence-electron chi connectivity index (χ4n) is 2.89. The van der Waals surface area contributed by atoms with E-state index in [-0.39, 0.29) is 5.41 Å². The van der Waals surface area contributed by atoms with Gasteiger partial charge in [0, 0.05) is 25.1 Å². The van der Waals surface area contributed by atoms with Gasteiger partial charge in [0.15, 0.2) is 0 Å². The fourth-order valence-corrected chi connectivity index (χ4v) is 3.99. The summed E-state index contributed by atoms with van der Waals surface area (Å²) in [6.45, 7) is 2.46. The highest BCUT2D eigenvalue weighted by Gasteiger charge is 2.38. The van der Waals surface area contributed by atoms with Crippen molar-refractivity contribution in [1.29, 1.82) is 0 Å². The highest BCUT2D eigenvalue weighted by Crippen LogP contribution is 2.42. The van der Waals surface area contributed by atoms with Crippen LogP contribution in [0.1, 0.15) is 29.1 Å². The first-order valence-electron chi connectivity index (χ1n) is 7.08. The van der Waals surface area contributed by atoms with Crippen LogP contribution < -0.4 is 5.32 Å². The van der Waals surface area contributed by atoms with Crippen molar-refractivity contribution >= 4 is 11.3 Å². The lowest BCUT2D eigenvalue weighted by Gasteiger charge is -2.36. The van der Waals surface area contributed by atoms with Crippen molar-refractivity contribution < 1.29 is 4.74 Å². The minimum absolute atomic E-state index is 0.0379. The Morgan fingerprint density at radius 2 is 2.00 bits per heavy atom. The Labute approximate surface area is 124 Å². The van der Waals surface area contributed by atoms with Crippen LogP contribution in [0.4, 0.5) is 0 Å². The van der Waals surface area contributed by atoms with Gasteiger partial charge in [0.25, 0.3) is 0 Å². The third kappa shape index (κ3) is 2.51. The van der Waals surface area contributed by atoms with Crippen LogP contribution >= 0.6 is 11.3 Å². The lowest BCUT2D eigenvalue weighted by atomic mass is 9.74. The van der Waals surface area contributed by atoms with Crippen molar-refractivity contribution in [2.45, 2.75) is 24.8 Å². The van der Waals surface area contributed by atoms with Gasteiger partial charge in [0.1, 0.15) is 5.01 Å². The molecule has 3 rings (SSSR count). The van der Waals surface area contributed by atoms with E-state index >= 15 is 0 Å². The standard InChI is InChI=1S/C16H20N2OS/c1-17-11-14-12-20-15(18-14)16(7-9-19-10-8-16)13-5-3-2-4-6-13/h2-6,12,17H,7-11H2,1H3. The lowest BCUT2D eigenvalue weighted by Crippen LogP contribution is -2.35. The Balaban J connectivity index is 2.00. The average Bonchev–Trinajstić information content (AvgIpc) is 2.98. The van der Waals surface area contributed by atoms with E-state index in [0.29, 0.717) is 0 Å². The molecule has 4 heteroatoms. The zero-order valence-corrected chi connectivity index (χ0v) is 12.6. The van der Waals surface area contributed by atoms with Crippen LogP contribution in [0.25, 0.3) is 0 Å². The van der Waals surface area contributed by atoms with Crippen LogP contribution in [0.5, 0.6) is 0 Å². The van der Waals surface area contributed by atoms with Crippen molar-refractivity contribution in [2.75, 3.05) is 20.3 Å². The van der Waals surface area contributed by atoms with Crippen LogP contribution in [-0.2, 0) is 16.7 Å². The molecule has 2 aromatic rings. The van der Waals surface area contributed by atoms with Gasteiger partial charge < -0.3 is 10.1 Å². The zero-order chi connectivity index (χ0) is 13.8. The second-order valence-electron chi connectivity index (χ2n) is 5.23. The molecule has 1 aliphatic heterocycles. The monoisotopic (exact) mass is 288 g/mol. The lowest BCUT2D eigenvalue weighted by molar-refractivity contribution is 0.0630. The summed E-state index contributed by atoms with van der Waals surface area (Å²) in [5, 5.41) is 6.58. The molecule has 0 bridgehead atoms. The van der Waals surface area contributed by atoms with Crippen molar-refractivity contribution in [3.8, 4) is 0 Å². The minimum atomic E-state index is 0.0379. The molecule has 1 aliphatic rings. The molecule has 0 amide bonds. The topological polar surface area (TPSA) is 34.1 Å². The summed E-state index contributed by atoms with van der Waals surface area (Å²) in [7, 11) is 1.96. The molecule has 0 saturated carbocycles. The third-order valence-corrected chi connectivity index (χ3v) is 5.09. The van der Waals surface area contributed by atoms with Crippen LogP contribution in [0.15, 0.2) is 35.7 Å². The van der Waals surface area contributed by atoms with Gasteiger partial charge in [0.2, 0.25) is 0 Å². The molecule has 0 aliphatic carbocycles. The van der Waals surface area contributed by atoms with Gasteiger partial charge in [-0.1, -0.05) is 30.3 Å². The molecule has 3 nitrogen and oxygen atoms in total. The predicted octanol–water partition coefficient (Wildman–Crippen LogP) is 2.96. The maximum Gasteiger partial charge on any atom is 0.104 e. The summed E-state index contributed by atoms with van der Waals surface area (Å²) in [4.78, 5) is 4.87. The van der Waals surface area contributed by atoms with Crippen LogP contribution in [-0.4, -0.2) is 25.2 Å². The van der Waals surface area contributed by atoms with Gasteiger partial charge in [-0.2, -0.15) is 0 Å². The number of hydrogen-bond acceptors (Lipinski definition) is 4.